The van der Waals surface area contributed by atoms with Gasteiger partial charge in [0.2, 0.25) is 5.88 Å². The lowest BCUT2D eigenvalue weighted by Gasteiger charge is -2.20. The minimum absolute atomic E-state index is 0.137. The van der Waals surface area contributed by atoms with Gasteiger partial charge < -0.3 is 10.1 Å². The summed E-state index contributed by atoms with van der Waals surface area (Å²) in [5.41, 5.74) is 0.476. The van der Waals surface area contributed by atoms with Crippen molar-refractivity contribution in [1.82, 2.24) is 9.97 Å². The molecule has 1 saturated carbocycles. The molecule has 0 atom stereocenters. The van der Waals surface area contributed by atoms with E-state index in [1.807, 2.05) is 19.9 Å². The molecule has 0 amide bonds. The van der Waals surface area contributed by atoms with Gasteiger partial charge in [-0.05, 0) is 38.0 Å². The molecule has 0 unspecified atom stereocenters. The van der Waals surface area contributed by atoms with Gasteiger partial charge in [0.15, 0.2) is 0 Å². The Hall–Kier alpha value is -1.32. The number of ether oxygens (including phenoxy) is 1. The highest BCUT2D eigenvalue weighted by Crippen LogP contribution is 2.51. The molecule has 1 N–H and O–H groups in total. The SMILES string of the molecule is CC(C)Oc1cc(NCC2(C(C)C)CC2)ncn1. The van der Waals surface area contributed by atoms with Crippen LogP contribution < -0.4 is 10.1 Å². The van der Waals surface area contributed by atoms with Crippen LogP contribution in [0, 0.1) is 11.3 Å². The van der Waals surface area contributed by atoms with Crippen LogP contribution in [0.4, 0.5) is 5.82 Å². The van der Waals surface area contributed by atoms with Crippen LogP contribution >= 0.6 is 0 Å². The van der Waals surface area contributed by atoms with E-state index < -0.39 is 0 Å². The molecular formula is C14H23N3O. The second-order valence-electron chi connectivity index (χ2n) is 5.78. The summed E-state index contributed by atoms with van der Waals surface area (Å²) in [7, 11) is 0. The van der Waals surface area contributed by atoms with E-state index in [2.05, 4.69) is 29.1 Å². The Bertz CT molecular complexity index is 400. The fourth-order valence-corrected chi connectivity index (χ4v) is 2.13. The maximum atomic E-state index is 5.56. The third-order valence-electron chi connectivity index (χ3n) is 3.74. The first-order valence-corrected chi connectivity index (χ1v) is 6.74. The van der Waals surface area contributed by atoms with Crippen molar-refractivity contribution in [2.75, 3.05) is 11.9 Å². The number of hydrogen-bond acceptors (Lipinski definition) is 4. The molecule has 0 bridgehead atoms. The predicted octanol–water partition coefficient (Wildman–Crippen LogP) is 3.11. The second-order valence-corrected chi connectivity index (χ2v) is 5.78. The lowest BCUT2D eigenvalue weighted by molar-refractivity contribution is 0.232. The fraction of sp³-hybridized carbons (Fsp3) is 0.714. The van der Waals surface area contributed by atoms with Crippen LogP contribution in [-0.2, 0) is 0 Å². The normalized spacial score (nSPS) is 17.0. The highest BCUT2D eigenvalue weighted by molar-refractivity contribution is 5.37. The van der Waals surface area contributed by atoms with Gasteiger partial charge in [-0.25, -0.2) is 9.97 Å². The van der Waals surface area contributed by atoms with Gasteiger partial charge in [0.1, 0.15) is 12.1 Å². The van der Waals surface area contributed by atoms with Crippen LogP contribution in [0.2, 0.25) is 0 Å². The van der Waals surface area contributed by atoms with Crippen molar-refractivity contribution in [3.8, 4) is 5.88 Å². The van der Waals surface area contributed by atoms with Crippen LogP contribution in [0.3, 0.4) is 0 Å². The summed E-state index contributed by atoms with van der Waals surface area (Å²) in [4.78, 5) is 8.34. The van der Waals surface area contributed by atoms with Crippen LogP contribution in [0.25, 0.3) is 0 Å². The molecule has 0 aromatic carbocycles. The standard InChI is InChI=1S/C14H23N3O/c1-10(2)14(5-6-14)8-15-12-7-13(17-9-16-12)18-11(3)4/h7,9-11H,5-6,8H2,1-4H3,(H,15,16,17). The maximum absolute atomic E-state index is 5.56. The molecule has 0 aliphatic heterocycles. The Morgan fingerprint density at radius 3 is 2.56 bits per heavy atom. The van der Waals surface area contributed by atoms with Gasteiger partial charge in [-0.1, -0.05) is 13.8 Å². The number of aromatic nitrogens is 2. The van der Waals surface area contributed by atoms with Crippen LogP contribution in [0.1, 0.15) is 40.5 Å². The Kier molecular flexibility index (Phi) is 3.73. The molecule has 0 spiro atoms. The van der Waals surface area contributed by atoms with E-state index in [1.54, 1.807) is 6.33 Å². The van der Waals surface area contributed by atoms with Crippen molar-refractivity contribution < 1.29 is 4.74 Å². The van der Waals surface area contributed by atoms with E-state index in [1.165, 1.54) is 12.8 Å². The largest absolute Gasteiger partial charge is 0.475 e. The number of rotatable bonds is 6. The van der Waals surface area contributed by atoms with Crippen LogP contribution in [0.5, 0.6) is 5.88 Å². The molecule has 1 aliphatic carbocycles. The highest BCUT2D eigenvalue weighted by atomic mass is 16.5. The molecule has 2 rings (SSSR count). The van der Waals surface area contributed by atoms with Gasteiger partial charge in [0.05, 0.1) is 6.10 Å². The van der Waals surface area contributed by atoms with Gasteiger partial charge in [-0.3, -0.25) is 0 Å². The number of nitrogens with one attached hydrogen (secondary N) is 1. The highest BCUT2D eigenvalue weighted by Gasteiger charge is 2.44. The summed E-state index contributed by atoms with van der Waals surface area (Å²) >= 11 is 0. The number of hydrogen-bond donors (Lipinski definition) is 1. The summed E-state index contributed by atoms with van der Waals surface area (Å²) in [6.45, 7) is 9.56. The molecule has 1 aliphatic rings. The molecule has 0 saturated heterocycles. The van der Waals surface area contributed by atoms with Crippen molar-refractivity contribution in [1.29, 1.82) is 0 Å². The van der Waals surface area contributed by atoms with Crippen molar-refractivity contribution in [3.63, 3.8) is 0 Å². The molecule has 1 fully saturated rings. The van der Waals surface area contributed by atoms with E-state index in [9.17, 15) is 0 Å². The average Bonchev–Trinajstić information content (AvgIpc) is 3.07. The molecule has 1 aromatic heterocycles. The molecule has 4 heteroatoms. The summed E-state index contributed by atoms with van der Waals surface area (Å²) < 4.78 is 5.56. The molecule has 1 aromatic rings. The lowest BCUT2D eigenvalue weighted by atomic mass is 9.92. The van der Waals surface area contributed by atoms with E-state index in [0.29, 0.717) is 11.3 Å². The summed E-state index contributed by atoms with van der Waals surface area (Å²) in [6.07, 6.45) is 4.32. The topological polar surface area (TPSA) is 47.0 Å². The van der Waals surface area contributed by atoms with E-state index in [4.69, 9.17) is 4.74 Å². The van der Waals surface area contributed by atoms with E-state index in [-0.39, 0.29) is 6.10 Å². The Morgan fingerprint density at radius 1 is 1.28 bits per heavy atom. The van der Waals surface area contributed by atoms with Crippen molar-refractivity contribution in [3.05, 3.63) is 12.4 Å². The fourth-order valence-electron chi connectivity index (χ4n) is 2.13. The molecular weight excluding hydrogens is 226 g/mol. The Morgan fingerprint density at radius 2 is 2.00 bits per heavy atom. The molecule has 4 nitrogen and oxygen atoms in total. The van der Waals surface area contributed by atoms with Gasteiger partial charge in [0, 0.05) is 12.6 Å². The van der Waals surface area contributed by atoms with Gasteiger partial charge >= 0.3 is 0 Å². The monoisotopic (exact) mass is 249 g/mol. The molecule has 18 heavy (non-hydrogen) atoms. The maximum Gasteiger partial charge on any atom is 0.218 e. The second kappa shape index (κ2) is 5.12. The third kappa shape index (κ3) is 3.12. The zero-order chi connectivity index (χ0) is 13.2. The first-order valence-electron chi connectivity index (χ1n) is 6.74. The molecule has 0 radical (unpaired) electrons. The van der Waals surface area contributed by atoms with Crippen LogP contribution in [0.15, 0.2) is 12.4 Å². The number of nitrogens with zero attached hydrogens (tertiary/aromatic N) is 2. The first kappa shape index (κ1) is 13.1. The molecule has 1 heterocycles. The zero-order valence-electron chi connectivity index (χ0n) is 11.7. The van der Waals surface area contributed by atoms with Gasteiger partial charge in [-0.2, -0.15) is 0 Å². The number of anilines is 1. The van der Waals surface area contributed by atoms with Gasteiger partial charge in [0.25, 0.3) is 0 Å². The summed E-state index contributed by atoms with van der Waals surface area (Å²) in [5.74, 6) is 2.21. The smallest absolute Gasteiger partial charge is 0.218 e. The van der Waals surface area contributed by atoms with Crippen LogP contribution in [-0.4, -0.2) is 22.6 Å². The summed E-state index contributed by atoms with van der Waals surface area (Å²) in [5, 5.41) is 3.41. The third-order valence-corrected chi connectivity index (χ3v) is 3.74. The molecule has 100 valence electrons. The van der Waals surface area contributed by atoms with Gasteiger partial charge in [-0.15, -0.1) is 0 Å². The first-order chi connectivity index (χ1) is 8.52. The van der Waals surface area contributed by atoms with E-state index in [0.717, 1.165) is 18.3 Å². The Balaban J connectivity index is 1.93. The van der Waals surface area contributed by atoms with Crippen molar-refractivity contribution in [2.24, 2.45) is 11.3 Å². The predicted molar refractivity (Wildman–Crippen MR) is 72.8 cm³/mol. The zero-order valence-corrected chi connectivity index (χ0v) is 11.7. The minimum atomic E-state index is 0.137. The summed E-state index contributed by atoms with van der Waals surface area (Å²) in [6, 6.07) is 1.87. The van der Waals surface area contributed by atoms with E-state index >= 15 is 0 Å². The minimum Gasteiger partial charge on any atom is -0.475 e. The quantitative estimate of drug-likeness (QED) is 0.841. The average molecular weight is 249 g/mol. The lowest BCUT2D eigenvalue weighted by Crippen LogP contribution is -2.21. The Labute approximate surface area is 109 Å². The van der Waals surface area contributed by atoms with Crippen molar-refractivity contribution >= 4 is 5.82 Å². The van der Waals surface area contributed by atoms with Crippen molar-refractivity contribution in [2.45, 2.75) is 46.6 Å².